The third-order valence-electron chi connectivity index (χ3n) is 5.72. The Morgan fingerprint density at radius 1 is 0.971 bits per heavy atom. The van der Waals surface area contributed by atoms with E-state index in [1.54, 1.807) is 43.3 Å². The van der Waals surface area contributed by atoms with Crippen LogP contribution in [0, 0.1) is 20.8 Å². The van der Waals surface area contributed by atoms with Crippen molar-refractivity contribution in [2.75, 3.05) is 11.3 Å². The fraction of sp³-hybridized carbons (Fsp3) is 0.231. The van der Waals surface area contributed by atoms with Gasteiger partial charge in [-0.05, 0) is 80.8 Å². The van der Waals surface area contributed by atoms with E-state index < -0.39 is 10.0 Å². The fourth-order valence-corrected chi connectivity index (χ4v) is 5.31. The highest BCUT2D eigenvalue weighted by Crippen LogP contribution is 2.21. The third kappa shape index (κ3) is 5.12. The topological polar surface area (TPSA) is 93.1 Å². The van der Waals surface area contributed by atoms with E-state index in [1.165, 1.54) is 0 Å². The van der Waals surface area contributed by atoms with E-state index in [2.05, 4.69) is 19.6 Å². The Morgan fingerprint density at radius 2 is 1.71 bits per heavy atom. The van der Waals surface area contributed by atoms with Crippen molar-refractivity contribution in [2.45, 2.75) is 38.6 Å². The van der Waals surface area contributed by atoms with Gasteiger partial charge >= 0.3 is 0 Å². The summed E-state index contributed by atoms with van der Waals surface area (Å²) in [5.41, 5.74) is 4.48. The first kappa shape index (κ1) is 23.5. The molecule has 176 valence electrons. The molecule has 0 aliphatic rings. The monoisotopic (exact) mass is 476 g/mol. The number of fused-ring (bicyclic) bond motifs is 1. The minimum absolute atomic E-state index is 0.198. The summed E-state index contributed by atoms with van der Waals surface area (Å²) in [7, 11) is -3.72. The van der Waals surface area contributed by atoms with Gasteiger partial charge in [-0.25, -0.2) is 13.4 Å². The van der Waals surface area contributed by atoms with Crippen LogP contribution in [0.25, 0.3) is 11.0 Å². The number of benzene rings is 3. The molecule has 1 heterocycles. The number of sulfonamides is 1. The highest BCUT2D eigenvalue weighted by atomic mass is 32.2. The summed E-state index contributed by atoms with van der Waals surface area (Å²) >= 11 is 0. The number of hydrogen-bond donors (Lipinski definition) is 2. The molecule has 1 amide bonds. The summed E-state index contributed by atoms with van der Waals surface area (Å²) in [6.45, 7) is 6.87. The van der Waals surface area contributed by atoms with Crippen molar-refractivity contribution in [1.29, 1.82) is 0 Å². The maximum Gasteiger partial charge on any atom is 0.262 e. The molecule has 4 rings (SSSR count). The Kier molecular flexibility index (Phi) is 6.70. The third-order valence-corrected chi connectivity index (χ3v) is 7.25. The average Bonchev–Trinajstić information content (AvgIpc) is 3.13. The Morgan fingerprint density at radius 3 is 2.47 bits per heavy atom. The highest BCUT2D eigenvalue weighted by molar-refractivity contribution is 7.92. The Bertz CT molecular complexity index is 1440. The smallest absolute Gasteiger partial charge is 0.262 e. The molecule has 0 spiro atoms. The van der Waals surface area contributed by atoms with E-state index in [4.69, 9.17) is 0 Å². The number of anilines is 1. The molecule has 0 bridgehead atoms. The van der Waals surface area contributed by atoms with Gasteiger partial charge in [0.1, 0.15) is 5.82 Å². The summed E-state index contributed by atoms with van der Waals surface area (Å²) in [5, 5.41) is 2.92. The van der Waals surface area contributed by atoms with Crippen molar-refractivity contribution in [1.82, 2.24) is 14.9 Å². The van der Waals surface area contributed by atoms with Gasteiger partial charge in [-0.2, -0.15) is 0 Å². The van der Waals surface area contributed by atoms with E-state index in [-0.39, 0.29) is 10.8 Å². The number of rotatable bonds is 8. The molecule has 0 unspecified atom stereocenters. The van der Waals surface area contributed by atoms with E-state index >= 15 is 0 Å². The fourth-order valence-electron chi connectivity index (χ4n) is 3.92. The number of aromatic nitrogens is 2. The lowest BCUT2D eigenvalue weighted by atomic mass is 10.2. The molecular formula is C26H28N4O3S. The molecule has 0 saturated carbocycles. The number of imidazole rings is 1. The second-order valence-electron chi connectivity index (χ2n) is 8.36. The van der Waals surface area contributed by atoms with Crippen LogP contribution in [0.1, 0.15) is 33.7 Å². The van der Waals surface area contributed by atoms with Crippen molar-refractivity contribution < 1.29 is 13.2 Å². The number of carbonyl (C=O) groups excluding carboxylic acids is 1. The maximum atomic E-state index is 12.8. The van der Waals surface area contributed by atoms with Crippen LogP contribution in [0.15, 0.2) is 71.6 Å². The van der Waals surface area contributed by atoms with Crippen LogP contribution in [0.3, 0.4) is 0 Å². The summed E-state index contributed by atoms with van der Waals surface area (Å²) in [5.74, 6) is 0.752. The molecule has 8 heteroatoms. The quantitative estimate of drug-likeness (QED) is 0.364. The number of amides is 1. The molecule has 4 aromatic rings. The van der Waals surface area contributed by atoms with Crippen LogP contribution in [0.5, 0.6) is 0 Å². The zero-order chi connectivity index (χ0) is 24.3. The van der Waals surface area contributed by atoms with Crippen LogP contribution in [-0.4, -0.2) is 30.4 Å². The molecule has 0 aliphatic heterocycles. The number of nitrogens with one attached hydrogen (secondary N) is 2. The van der Waals surface area contributed by atoms with E-state index in [1.807, 2.05) is 44.2 Å². The first-order valence-electron chi connectivity index (χ1n) is 11.1. The minimum Gasteiger partial charge on any atom is -0.352 e. The van der Waals surface area contributed by atoms with E-state index in [9.17, 15) is 13.2 Å². The summed E-state index contributed by atoms with van der Waals surface area (Å²) in [6.07, 6.45) is 0.765. The molecule has 0 radical (unpaired) electrons. The molecule has 0 fully saturated rings. The molecule has 2 N–H and O–H groups in total. The lowest BCUT2D eigenvalue weighted by Crippen LogP contribution is -2.25. The van der Waals surface area contributed by atoms with Gasteiger partial charge < -0.3 is 9.88 Å². The van der Waals surface area contributed by atoms with Gasteiger partial charge in [0.25, 0.3) is 15.9 Å². The van der Waals surface area contributed by atoms with Crippen molar-refractivity contribution >= 4 is 32.7 Å². The number of para-hydroxylation sites is 2. The molecule has 0 aliphatic carbocycles. The molecule has 3 aromatic carbocycles. The average molecular weight is 477 g/mol. The Balaban J connectivity index is 1.33. The van der Waals surface area contributed by atoms with Gasteiger partial charge in [0.15, 0.2) is 0 Å². The summed E-state index contributed by atoms with van der Waals surface area (Å²) in [4.78, 5) is 17.3. The first-order valence-corrected chi connectivity index (χ1v) is 12.6. The lowest BCUT2D eigenvalue weighted by Gasteiger charge is -2.12. The Hall–Kier alpha value is -3.65. The zero-order valence-corrected chi connectivity index (χ0v) is 20.3. The molecule has 0 saturated heterocycles. The molecule has 1 aromatic heterocycles. The number of aryl methyl sites for hydroxylation is 4. The van der Waals surface area contributed by atoms with Crippen molar-refractivity contribution in [2.24, 2.45) is 0 Å². The molecule has 0 atom stereocenters. The number of carbonyl (C=O) groups is 1. The van der Waals surface area contributed by atoms with E-state index in [0.717, 1.165) is 35.4 Å². The van der Waals surface area contributed by atoms with Gasteiger partial charge in [-0.3, -0.25) is 9.52 Å². The first-order chi connectivity index (χ1) is 16.2. The summed E-state index contributed by atoms with van der Waals surface area (Å²) in [6, 6.07) is 19.7. The van der Waals surface area contributed by atoms with Gasteiger partial charge in [0.2, 0.25) is 0 Å². The maximum absolute atomic E-state index is 12.8. The number of nitrogens with zero attached hydrogens (tertiary/aromatic N) is 2. The van der Waals surface area contributed by atoms with Gasteiger partial charge in [-0.1, -0.05) is 24.3 Å². The minimum atomic E-state index is -3.72. The van der Waals surface area contributed by atoms with Crippen LogP contribution in [-0.2, 0) is 16.6 Å². The van der Waals surface area contributed by atoms with Crippen LogP contribution < -0.4 is 10.0 Å². The van der Waals surface area contributed by atoms with Crippen LogP contribution in [0.4, 0.5) is 5.69 Å². The lowest BCUT2D eigenvalue weighted by molar-refractivity contribution is 0.0953. The standard InChI is InChI=1S/C26H28N4O3S/c1-18-9-10-19(2)25(17-18)34(32,33)29-22-13-11-21(12-14-22)26(31)27-15-6-16-30-20(3)28-23-7-4-5-8-24(23)30/h4-5,7-14,17,29H,6,15-16H2,1-3H3,(H,27,31). The molecular weight excluding hydrogens is 448 g/mol. The Labute approximate surface area is 199 Å². The van der Waals surface area contributed by atoms with E-state index in [0.29, 0.717) is 23.4 Å². The second kappa shape index (κ2) is 9.69. The van der Waals surface area contributed by atoms with Crippen LogP contribution >= 0.6 is 0 Å². The van der Waals surface area contributed by atoms with Crippen molar-refractivity contribution in [3.63, 3.8) is 0 Å². The predicted octanol–water partition coefficient (Wildman–Crippen LogP) is 4.58. The second-order valence-corrected chi connectivity index (χ2v) is 10.0. The highest BCUT2D eigenvalue weighted by Gasteiger charge is 2.17. The van der Waals surface area contributed by atoms with Gasteiger partial charge in [0.05, 0.1) is 15.9 Å². The predicted molar refractivity (Wildman–Crippen MR) is 135 cm³/mol. The normalized spacial score (nSPS) is 11.5. The van der Waals surface area contributed by atoms with Crippen LogP contribution in [0.2, 0.25) is 0 Å². The van der Waals surface area contributed by atoms with Crippen molar-refractivity contribution in [3.05, 3.63) is 89.2 Å². The van der Waals surface area contributed by atoms with Crippen molar-refractivity contribution in [3.8, 4) is 0 Å². The SMILES string of the molecule is Cc1ccc(C)c(S(=O)(=O)Nc2ccc(C(=O)NCCCn3c(C)nc4ccccc43)cc2)c1. The van der Waals surface area contributed by atoms with Gasteiger partial charge in [-0.15, -0.1) is 0 Å². The summed E-state index contributed by atoms with van der Waals surface area (Å²) < 4.78 is 30.3. The zero-order valence-electron chi connectivity index (χ0n) is 19.5. The molecule has 7 nitrogen and oxygen atoms in total. The largest absolute Gasteiger partial charge is 0.352 e. The van der Waals surface area contributed by atoms with Gasteiger partial charge in [0, 0.05) is 24.3 Å². The molecule has 34 heavy (non-hydrogen) atoms. The number of hydrogen-bond acceptors (Lipinski definition) is 4.